The van der Waals surface area contributed by atoms with Crippen LogP contribution in [-0.4, -0.2) is 45.4 Å². The van der Waals surface area contributed by atoms with Gasteiger partial charge in [0.2, 0.25) is 0 Å². The van der Waals surface area contributed by atoms with Gasteiger partial charge >= 0.3 is 6.09 Å². The molecular formula is C39H24N6O4S4. The van der Waals surface area contributed by atoms with Crippen molar-refractivity contribution in [1.29, 1.82) is 0 Å². The van der Waals surface area contributed by atoms with Gasteiger partial charge in [0.15, 0.2) is 17.3 Å². The van der Waals surface area contributed by atoms with Crippen LogP contribution in [0.15, 0.2) is 77.8 Å². The zero-order valence-corrected chi connectivity index (χ0v) is 30.8. The molecule has 53 heavy (non-hydrogen) atoms. The number of hydrogen-bond donors (Lipinski definition) is 0. The fourth-order valence-corrected chi connectivity index (χ4v) is 11.7. The highest BCUT2D eigenvalue weighted by Crippen LogP contribution is 2.48. The van der Waals surface area contributed by atoms with E-state index in [4.69, 9.17) is 18.5 Å². The van der Waals surface area contributed by atoms with E-state index < -0.39 is 6.09 Å². The molecule has 2 aliphatic carbocycles. The summed E-state index contributed by atoms with van der Waals surface area (Å²) in [6.07, 6.45) is 2.93. The molecule has 2 atom stereocenters. The normalized spacial score (nSPS) is 17.7. The fraction of sp³-hybridized carbons (Fsp3) is 0.179. The summed E-state index contributed by atoms with van der Waals surface area (Å²) in [6, 6.07) is 23.8. The number of thiophene rings is 2. The second kappa shape index (κ2) is 11.9. The number of Topliss-reactive ketones (excluding diaryl/α,β-unsaturated/α-hetero) is 2. The Morgan fingerprint density at radius 1 is 0.755 bits per heavy atom. The SMILES string of the molecule is O=C1C(=Nc2cc3c(cc(-c4cc5c(s4)c4sc6ccccc6c4n5C(=O)OCc4ccccc4)c4nsnc43)c3nsnc23)C(=O)C2CCCCC12. The number of benzene rings is 4. The molecule has 0 bridgehead atoms. The molecule has 2 aliphatic rings. The quantitative estimate of drug-likeness (QED) is 0.173. The number of carbonyl (C=O) groups is 3. The average Bonchev–Trinajstić information content (AvgIpc) is 4.04. The minimum absolute atomic E-state index is 0.0281. The van der Waals surface area contributed by atoms with Crippen molar-refractivity contribution in [2.45, 2.75) is 32.3 Å². The number of aromatic nitrogens is 5. The first-order valence-corrected chi connectivity index (χ1v) is 20.3. The van der Waals surface area contributed by atoms with Crippen LogP contribution in [0.1, 0.15) is 31.2 Å². The largest absolute Gasteiger partial charge is 0.444 e. The standard InChI is InChI=1S/C39H24N6O4S4/c46-35-19-10-4-5-11-20(19)36(47)33(35)40-25-15-23-22(30-32(25)44-53-42-30)14-24(31-29(23)41-52-43-31)28-16-26-37(51-28)38-34(21-12-6-7-13-27(21)50-38)45(26)39(48)49-17-18-8-2-1-3-9-18/h1-3,6-9,12-16,19-20H,4-5,10-11,17H2. The predicted octanol–water partition coefficient (Wildman–Crippen LogP) is 10.1. The van der Waals surface area contributed by atoms with Crippen LogP contribution in [0.2, 0.25) is 0 Å². The van der Waals surface area contributed by atoms with Crippen LogP contribution >= 0.6 is 46.1 Å². The van der Waals surface area contributed by atoms with Gasteiger partial charge in [-0.05, 0) is 42.7 Å². The fourth-order valence-electron chi connectivity index (χ4n) is 8.12. The molecule has 0 aliphatic heterocycles. The van der Waals surface area contributed by atoms with Crippen molar-refractivity contribution < 1.29 is 19.1 Å². The van der Waals surface area contributed by atoms with E-state index in [1.807, 2.05) is 60.7 Å². The third-order valence-electron chi connectivity index (χ3n) is 10.6. The topological polar surface area (TPSA) is 129 Å². The van der Waals surface area contributed by atoms with Gasteiger partial charge in [0.25, 0.3) is 0 Å². The maximum absolute atomic E-state index is 14.0. The van der Waals surface area contributed by atoms with Crippen molar-refractivity contribution in [3.05, 3.63) is 78.4 Å². The number of nitrogens with zero attached hydrogens (tertiary/aromatic N) is 6. The van der Waals surface area contributed by atoms with Crippen LogP contribution in [0, 0.1) is 11.8 Å². The van der Waals surface area contributed by atoms with E-state index >= 15 is 0 Å². The Kier molecular flexibility index (Phi) is 7.00. The highest BCUT2D eigenvalue weighted by molar-refractivity contribution is 7.32. The van der Waals surface area contributed by atoms with Gasteiger partial charge in [-0.15, -0.1) is 22.7 Å². The van der Waals surface area contributed by atoms with Gasteiger partial charge in [-0.2, -0.15) is 17.5 Å². The first-order valence-electron chi connectivity index (χ1n) is 17.2. The highest BCUT2D eigenvalue weighted by atomic mass is 32.1. The van der Waals surface area contributed by atoms with E-state index in [9.17, 15) is 14.4 Å². The number of fused-ring (bicyclic) bond motifs is 11. The molecule has 9 aromatic rings. The van der Waals surface area contributed by atoms with Gasteiger partial charge in [-0.1, -0.05) is 61.4 Å². The Balaban J connectivity index is 1.08. The van der Waals surface area contributed by atoms with E-state index in [-0.39, 0.29) is 35.7 Å². The average molecular weight is 769 g/mol. The molecule has 5 heterocycles. The Labute approximate surface area is 316 Å². The molecule has 11 rings (SSSR count). The zero-order valence-electron chi connectivity index (χ0n) is 27.6. The molecule has 0 amide bonds. The number of rotatable bonds is 4. The molecule has 4 aromatic carbocycles. The molecule has 0 spiro atoms. The van der Waals surface area contributed by atoms with Crippen molar-refractivity contribution in [3.8, 4) is 10.4 Å². The van der Waals surface area contributed by atoms with Gasteiger partial charge in [-0.3, -0.25) is 9.59 Å². The molecule has 10 nitrogen and oxygen atoms in total. The summed E-state index contributed by atoms with van der Waals surface area (Å²) < 4.78 is 29.5. The molecule has 14 heteroatoms. The minimum Gasteiger partial charge on any atom is -0.444 e. The molecular weight excluding hydrogens is 745 g/mol. The van der Waals surface area contributed by atoms with E-state index in [1.165, 1.54) is 0 Å². The van der Waals surface area contributed by atoms with E-state index in [0.29, 0.717) is 27.8 Å². The summed E-state index contributed by atoms with van der Waals surface area (Å²) in [5.41, 5.74) is 6.39. The maximum atomic E-state index is 14.0. The lowest BCUT2D eigenvalue weighted by atomic mass is 9.81. The second-order valence-corrected chi connectivity index (χ2v) is 16.7. The molecule has 2 saturated carbocycles. The Bertz CT molecular complexity index is 3030. The maximum Gasteiger partial charge on any atom is 0.419 e. The van der Waals surface area contributed by atoms with Crippen LogP contribution in [0.3, 0.4) is 0 Å². The summed E-state index contributed by atoms with van der Waals surface area (Å²) in [6.45, 7) is 0.157. The van der Waals surface area contributed by atoms with Gasteiger partial charge in [0, 0.05) is 43.1 Å². The van der Waals surface area contributed by atoms with Crippen molar-refractivity contribution in [3.63, 3.8) is 0 Å². The van der Waals surface area contributed by atoms with Crippen LogP contribution in [0.4, 0.5) is 10.5 Å². The van der Waals surface area contributed by atoms with Crippen molar-refractivity contribution in [2.24, 2.45) is 16.8 Å². The predicted molar refractivity (Wildman–Crippen MR) is 212 cm³/mol. The monoisotopic (exact) mass is 768 g/mol. The molecule has 5 aromatic heterocycles. The first kappa shape index (κ1) is 31.3. The second-order valence-electron chi connectivity index (χ2n) is 13.5. The lowest BCUT2D eigenvalue weighted by Gasteiger charge is -2.20. The summed E-state index contributed by atoms with van der Waals surface area (Å²) >= 11 is 5.45. The van der Waals surface area contributed by atoms with Crippen molar-refractivity contribution >= 4 is 139 Å². The van der Waals surface area contributed by atoms with Crippen molar-refractivity contribution in [1.82, 2.24) is 22.1 Å². The van der Waals surface area contributed by atoms with Gasteiger partial charge < -0.3 is 4.74 Å². The summed E-state index contributed by atoms with van der Waals surface area (Å²) in [4.78, 5) is 46.4. The summed E-state index contributed by atoms with van der Waals surface area (Å²) in [5.74, 6) is -0.849. The molecule has 2 fully saturated rings. The molecule has 258 valence electrons. The molecule has 0 radical (unpaired) electrons. The number of ether oxygens (including phenoxy) is 1. The first-order chi connectivity index (χ1) is 26.0. The lowest BCUT2D eigenvalue weighted by molar-refractivity contribution is -0.120. The number of carbonyl (C=O) groups excluding carboxylic acids is 3. The van der Waals surface area contributed by atoms with Crippen molar-refractivity contribution in [2.75, 3.05) is 0 Å². The van der Waals surface area contributed by atoms with E-state index in [2.05, 4.69) is 20.9 Å². The minimum atomic E-state index is -0.441. The van der Waals surface area contributed by atoms with Gasteiger partial charge in [-0.25, -0.2) is 14.4 Å². The molecule has 2 unspecified atom stereocenters. The third kappa shape index (κ3) is 4.65. The van der Waals surface area contributed by atoms with Crippen LogP contribution in [0.25, 0.3) is 73.8 Å². The van der Waals surface area contributed by atoms with E-state index in [1.54, 1.807) is 27.2 Å². The van der Waals surface area contributed by atoms with Crippen LogP contribution in [0.5, 0.6) is 0 Å². The number of hydrogen-bond acceptors (Lipinski definition) is 13. The van der Waals surface area contributed by atoms with Gasteiger partial charge in [0.1, 0.15) is 28.7 Å². The van der Waals surface area contributed by atoms with Crippen LogP contribution in [-0.2, 0) is 20.9 Å². The van der Waals surface area contributed by atoms with Crippen LogP contribution < -0.4 is 0 Å². The summed E-state index contributed by atoms with van der Waals surface area (Å²) in [7, 11) is 0. The zero-order chi connectivity index (χ0) is 35.4. The molecule has 0 saturated heterocycles. The van der Waals surface area contributed by atoms with E-state index in [0.717, 1.165) is 106 Å². The van der Waals surface area contributed by atoms with Gasteiger partial charge in [0.05, 0.1) is 49.6 Å². The number of aliphatic imine (C=N–C) groups is 1. The molecule has 0 N–H and O–H groups in total. The smallest absolute Gasteiger partial charge is 0.419 e. The Morgan fingerprint density at radius 3 is 2.23 bits per heavy atom. The summed E-state index contributed by atoms with van der Waals surface area (Å²) in [5, 5.41) is 2.60. The number of ketones is 2. The highest BCUT2D eigenvalue weighted by Gasteiger charge is 2.47. The Morgan fingerprint density at radius 2 is 1.43 bits per heavy atom. The third-order valence-corrected chi connectivity index (χ3v) is 14.1. The Hall–Kier alpha value is -5.28. The lowest BCUT2D eigenvalue weighted by Crippen LogP contribution is -2.21.